The zero-order valence-corrected chi connectivity index (χ0v) is 17.5. The van der Waals surface area contributed by atoms with E-state index in [9.17, 15) is 34.6 Å². The molecule has 12 nitrogen and oxygen atoms in total. The molecular formula is C19H27BN4O8. The number of carbonyl (C=O) groups is 3. The van der Waals surface area contributed by atoms with Gasteiger partial charge in [-0.15, -0.1) is 0 Å². The van der Waals surface area contributed by atoms with Gasteiger partial charge in [-0.2, -0.15) is 0 Å². The maximum atomic E-state index is 12.1. The molecule has 1 saturated heterocycles. The molecule has 32 heavy (non-hydrogen) atoms. The van der Waals surface area contributed by atoms with Crippen molar-refractivity contribution >= 4 is 24.9 Å². The van der Waals surface area contributed by atoms with E-state index >= 15 is 0 Å². The Morgan fingerprint density at radius 2 is 1.97 bits per heavy atom. The minimum atomic E-state index is -1.53. The fourth-order valence-electron chi connectivity index (χ4n) is 3.91. The molecule has 1 saturated carbocycles. The SMILES string of the molecule is CC(N)(CN1CC(Oc2ccc([C@@H]3C[C@@H]3B(O)O)c(O)c2C(=O)O)C1)C(=O)NCC(N)=O. The van der Waals surface area contributed by atoms with E-state index < -0.39 is 42.0 Å². The second kappa shape index (κ2) is 8.94. The van der Waals surface area contributed by atoms with E-state index in [4.69, 9.17) is 16.2 Å². The minimum absolute atomic E-state index is 0.000131. The molecule has 3 atom stereocenters. The van der Waals surface area contributed by atoms with Crippen molar-refractivity contribution in [3.8, 4) is 11.5 Å². The van der Waals surface area contributed by atoms with Crippen LogP contribution in [0.15, 0.2) is 12.1 Å². The zero-order valence-electron chi connectivity index (χ0n) is 17.5. The van der Waals surface area contributed by atoms with Gasteiger partial charge < -0.3 is 41.8 Å². The minimum Gasteiger partial charge on any atom is -0.507 e. The Hall–Kier alpha value is -2.87. The zero-order chi connectivity index (χ0) is 23.8. The third kappa shape index (κ3) is 5.13. The van der Waals surface area contributed by atoms with Gasteiger partial charge in [0.2, 0.25) is 11.8 Å². The van der Waals surface area contributed by atoms with Crippen LogP contribution in [0.3, 0.4) is 0 Å². The van der Waals surface area contributed by atoms with Crippen LogP contribution in [0.25, 0.3) is 0 Å². The standard InChI is InChI=1S/C19H27BN4O8/c1-19(22,18(29)23-5-14(21)25)8-24-6-9(7-24)32-13-3-2-10(11-4-12(11)20(30)31)16(26)15(13)17(27)28/h2-3,9,11-12,26,30-31H,4-8,22H2,1H3,(H2,21,25)(H,23,29)(H,27,28)/t11-,12-,19?/m0/s1. The lowest BCUT2D eigenvalue weighted by atomic mass is 9.81. The molecule has 1 heterocycles. The maximum Gasteiger partial charge on any atom is 0.455 e. The third-order valence-electron chi connectivity index (χ3n) is 5.72. The molecule has 2 aliphatic rings. The molecule has 1 aromatic carbocycles. The van der Waals surface area contributed by atoms with Crippen LogP contribution in [-0.4, -0.2) is 87.9 Å². The molecule has 1 aliphatic heterocycles. The maximum absolute atomic E-state index is 12.1. The van der Waals surface area contributed by atoms with Crippen molar-refractivity contribution in [1.29, 1.82) is 0 Å². The number of carboxylic acids is 1. The Labute approximate surface area is 184 Å². The summed E-state index contributed by atoms with van der Waals surface area (Å²) in [5.74, 6) is -3.79. The quantitative estimate of drug-likeness (QED) is 0.191. The van der Waals surface area contributed by atoms with Crippen molar-refractivity contribution in [2.45, 2.75) is 36.7 Å². The molecule has 2 fully saturated rings. The van der Waals surface area contributed by atoms with Crippen LogP contribution in [0.4, 0.5) is 0 Å². The number of likely N-dealkylation sites (tertiary alicyclic amines) is 1. The van der Waals surface area contributed by atoms with Gasteiger partial charge in [0.05, 0.1) is 6.54 Å². The predicted octanol–water partition coefficient (Wildman–Crippen LogP) is -2.20. The highest BCUT2D eigenvalue weighted by Gasteiger charge is 2.48. The Balaban J connectivity index is 1.60. The first-order valence-corrected chi connectivity index (χ1v) is 10.1. The molecule has 1 unspecified atom stereocenters. The highest BCUT2D eigenvalue weighted by atomic mass is 16.5. The van der Waals surface area contributed by atoms with E-state index in [0.717, 1.165) is 0 Å². The fraction of sp³-hybridized carbons (Fsp3) is 0.526. The van der Waals surface area contributed by atoms with E-state index in [1.54, 1.807) is 0 Å². The predicted molar refractivity (Wildman–Crippen MR) is 112 cm³/mol. The number of nitrogens with two attached hydrogens (primary N) is 2. The van der Waals surface area contributed by atoms with Crippen LogP contribution in [0, 0.1) is 0 Å². The summed E-state index contributed by atoms with van der Waals surface area (Å²) in [7, 11) is -1.53. The molecule has 0 aromatic heterocycles. The second-order valence-corrected chi connectivity index (χ2v) is 8.60. The Morgan fingerprint density at radius 3 is 2.50 bits per heavy atom. The van der Waals surface area contributed by atoms with Crippen molar-refractivity contribution < 1.29 is 39.4 Å². The molecule has 1 aromatic rings. The second-order valence-electron chi connectivity index (χ2n) is 8.60. The van der Waals surface area contributed by atoms with E-state index in [1.165, 1.54) is 19.1 Å². The lowest BCUT2D eigenvalue weighted by Crippen LogP contribution is -2.64. The van der Waals surface area contributed by atoms with Gasteiger partial charge in [-0.1, -0.05) is 6.07 Å². The summed E-state index contributed by atoms with van der Waals surface area (Å²) in [4.78, 5) is 36.5. The molecule has 9 N–H and O–H groups in total. The average molecular weight is 450 g/mol. The summed E-state index contributed by atoms with van der Waals surface area (Å²) in [6.45, 7) is 2.14. The molecule has 0 spiro atoms. The van der Waals surface area contributed by atoms with Gasteiger partial charge in [0.1, 0.15) is 28.7 Å². The molecule has 1 aliphatic carbocycles. The van der Waals surface area contributed by atoms with Crippen LogP contribution < -0.4 is 21.5 Å². The van der Waals surface area contributed by atoms with E-state index in [0.29, 0.717) is 25.1 Å². The Bertz CT molecular complexity index is 919. The van der Waals surface area contributed by atoms with Crippen LogP contribution >= 0.6 is 0 Å². The molecule has 174 valence electrons. The Kier molecular flexibility index (Phi) is 6.65. The van der Waals surface area contributed by atoms with Gasteiger partial charge in [-0.25, -0.2) is 4.79 Å². The highest BCUT2D eigenvalue weighted by molar-refractivity contribution is 6.44. The number of benzene rings is 1. The van der Waals surface area contributed by atoms with Crippen LogP contribution in [0.1, 0.15) is 35.2 Å². The van der Waals surface area contributed by atoms with Crippen molar-refractivity contribution in [3.63, 3.8) is 0 Å². The molecule has 0 bridgehead atoms. The monoisotopic (exact) mass is 450 g/mol. The number of nitrogens with zero attached hydrogens (tertiary/aromatic N) is 1. The van der Waals surface area contributed by atoms with Gasteiger partial charge in [0.25, 0.3) is 0 Å². The van der Waals surface area contributed by atoms with Gasteiger partial charge in [-0.05, 0) is 30.9 Å². The third-order valence-corrected chi connectivity index (χ3v) is 5.72. The number of nitrogens with one attached hydrogen (secondary N) is 1. The Morgan fingerprint density at radius 1 is 1.31 bits per heavy atom. The summed E-state index contributed by atoms with van der Waals surface area (Å²) in [5, 5.41) is 41.0. The molecule has 3 rings (SSSR count). The lowest BCUT2D eigenvalue weighted by Gasteiger charge is -2.42. The number of ether oxygens (including phenoxy) is 1. The van der Waals surface area contributed by atoms with Gasteiger partial charge >= 0.3 is 13.1 Å². The van der Waals surface area contributed by atoms with Crippen LogP contribution in [0.5, 0.6) is 11.5 Å². The fourth-order valence-corrected chi connectivity index (χ4v) is 3.91. The normalized spacial score (nSPS) is 22.4. The molecule has 0 radical (unpaired) electrons. The van der Waals surface area contributed by atoms with E-state index in [-0.39, 0.29) is 36.4 Å². The van der Waals surface area contributed by atoms with Crippen molar-refractivity contribution in [1.82, 2.24) is 10.2 Å². The number of carbonyl (C=O) groups excluding carboxylic acids is 2. The number of carboxylic acid groups (broad SMARTS) is 1. The summed E-state index contributed by atoms with van der Waals surface area (Å²) < 4.78 is 5.75. The van der Waals surface area contributed by atoms with E-state index in [2.05, 4.69) is 5.32 Å². The van der Waals surface area contributed by atoms with Crippen LogP contribution in [-0.2, 0) is 9.59 Å². The number of primary amides is 1. The number of aromatic carboxylic acids is 1. The molecule has 13 heteroatoms. The summed E-state index contributed by atoms with van der Waals surface area (Å²) >= 11 is 0. The van der Waals surface area contributed by atoms with Gasteiger partial charge in [0.15, 0.2) is 0 Å². The summed E-state index contributed by atoms with van der Waals surface area (Å²) in [6, 6.07) is 2.98. The molecule has 2 amide bonds. The smallest absolute Gasteiger partial charge is 0.455 e. The number of rotatable bonds is 10. The number of hydrogen-bond acceptors (Lipinski definition) is 9. The van der Waals surface area contributed by atoms with Crippen LogP contribution in [0.2, 0.25) is 5.82 Å². The first-order chi connectivity index (χ1) is 14.9. The van der Waals surface area contributed by atoms with Crippen molar-refractivity contribution in [2.24, 2.45) is 11.5 Å². The topological polar surface area (TPSA) is 209 Å². The highest BCUT2D eigenvalue weighted by Crippen LogP contribution is 2.56. The number of amides is 2. The first kappa shape index (κ1) is 23.8. The number of aromatic hydroxyl groups is 1. The van der Waals surface area contributed by atoms with E-state index in [1.807, 2.05) is 4.90 Å². The summed E-state index contributed by atoms with van der Waals surface area (Å²) in [5.41, 5.74) is 9.72. The van der Waals surface area contributed by atoms with Crippen molar-refractivity contribution in [3.05, 3.63) is 23.3 Å². The first-order valence-electron chi connectivity index (χ1n) is 10.1. The summed E-state index contributed by atoms with van der Waals surface area (Å²) in [6.07, 6.45) is 0.0585. The number of hydrogen-bond donors (Lipinski definition) is 7. The lowest BCUT2D eigenvalue weighted by molar-refractivity contribution is -0.129. The van der Waals surface area contributed by atoms with Gasteiger partial charge in [0, 0.05) is 25.5 Å². The average Bonchev–Trinajstić information content (AvgIpc) is 3.44. The van der Waals surface area contributed by atoms with Gasteiger partial charge in [-0.3, -0.25) is 14.5 Å². The molecular weight excluding hydrogens is 423 g/mol. The largest absolute Gasteiger partial charge is 0.507 e. The number of phenols is 1. The van der Waals surface area contributed by atoms with Crippen molar-refractivity contribution in [2.75, 3.05) is 26.2 Å².